The largest absolute Gasteiger partial charge is 0.311 e. The molecule has 0 amide bonds. The molecule has 0 saturated carbocycles. The minimum Gasteiger partial charge on any atom is -0.311 e. The van der Waals surface area contributed by atoms with Crippen molar-refractivity contribution in [2.75, 3.05) is 9.80 Å². The molecule has 498 valence electrons. The quantitative estimate of drug-likeness (QED) is 0.0842. The standard InChI is InChI=1S/C98H80BN3Si2/c1-97(2,3)71-55-61-91(85(63-71)70-37-17-8-18-38-70)102-92-62-60-81(104(77-45-25-12-26-46-77,78-47-27-13-28-48-78)79-49-29-14-30-50-79)66-87(92)99-88-67-84(69-35-15-7-16-36-69)86(98(4,5)6)68-93(88)100(94-64-73(65-95(102)96(94)99)101-89-53-33-31-51-82(89)83-52-32-34-54-90(83)101)72-56-58-80(59-57-72)103(74-39-19-9-20-40-74,75-41-21-10-22-42-75)76-43-23-11-24-44-76/h7-68H,1-6H3. The van der Waals surface area contributed by atoms with E-state index in [4.69, 9.17) is 0 Å². The Morgan fingerprint density at radius 2 is 0.635 bits per heavy atom. The van der Waals surface area contributed by atoms with E-state index in [0.29, 0.717) is 0 Å². The van der Waals surface area contributed by atoms with Crippen molar-refractivity contribution in [1.29, 1.82) is 0 Å². The summed E-state index contributed by atoms with van der Waals surface area (Å²) in [5, 5.41) is 13.1. The van der Waals surface area contributed by atoms with Crippen molar-refractivity contribution in [3.63, 3.8) is 0 Å². The maximum Gasteiger partial charge on any atom is 0.252 e. The van der Waals surface area contributed by atoms with Crippen molar-refractivity contribution in [1.82, 2.24) is 4.57 Å². The average Bonchev–Trinajstić information content (AvgIpc) is 0.890. The Balaban J connectivity index is 1.01. The lowest BCUT2D eigenvalue weighted by Gasteiger charge is -2.46. The minimum atomic E-state index is -3.16. The highest BCUT2D eigenvalue weighted by Crippen LogP contribution is 2.50. The molecule has 0 fully saturated rings. The Labute approximate surface area is 614 Å². The normalized spacial score (nSPS) is 12.8. The Morgan fingerprint density at radius 1 is 0.260 bits per heavy atom. The number of benzene rings is 15. The highest BCUT2D eigenvalue weighted by molar-refractivity contribution is 7.20. The Hall–Kier alpha value is -11.8. The number of hydrogen-bond acceptors (Lipinski definition) is 2. The molecular formula is C98H80BN3Si2. The number of hydrogen-bond donors (Lipinski definition) is 0. The predicted molar refractivity (Wildman–Crippen MR) is 450 cm³/mol. The third-order valence-electron chi connectivity index (χ3n) is 22.3. The Bertz CT molecular complexity index is 5610. The van der Waals surface area contributed by atoms with E-state index >= 15 is 0 Å². The summed E-state index contributed by atoms with van der Waals surface area (Å²) in [7, 11) is -6.12. The van der Waals surface area contributed by atoms with Crippen molar-refractivity contribution in [3.05, 3.63) is 387 Å². The van der Waals surface area contributed by atoms with Gasteiger partial charge in [-0.1, -0.05) is 357 Å². The van der Waals surface area contributed by atoms with Gasteiger partial charge in [-0.05, 0) is 157 Å². The van der Waals surface area contributed by atoms with Gasteiger partial charge >= 0.3 is 0 Å². The first-order valence-electron chi connectivity index (χ1n) is 36.7. The third-order valence-corrected chi connectivity index (χ3v) is 31.9. The topological polar surface area (TPSA) is 11.4 Å². The molecular weight excluding hydrogens is 1290 g/mol. The van der Waals surface area contributed by atoms with Gasteiger partial charge in [-0.15, -0.1) is 0 Å². The molecule has 0 unspecified atom stereocenters. The second-order valence-electron chi connectivity index (χ2n) is 30.3. The smallest absolute Gasteiger partial charge is 0.252 e. The lowest BCUT2D eigenvalue weighted by atomic mass is 9.33. The second kappa shape index (κ2) is 25.6. The summed E-state index contributed by atoms with van der Waals surface area (Å²) in [5.41, 5.74) is 21.0. The molecule has 3 heterocycles. The summed E-state index contributed by atoms with van der Waals surface area (Å²) in [6.45, 7) is 13.9. The van der Waals surface area contributed by atoms with Crippen LogP contribution in [0.3, 0.4) is 0 Å². The van der Waals surface area contributed by atoms with Gasteiger partial charge in [-0.3, -0.25) is 0 Å². The molecule has 18 rings (SSSR count). The summed E-state index contributed by atoms with van der Waals surface area (Å²) in [5.74, 6) is 0. The number of rotatable bonds is 13. The lowest BCUT2D eigenvalue weighted by molar-refractivity contribution is 0.590. The fourth-order valence-electron chi connectivity index (χ4n) is 17.6. The molecule has 16 aromatic rings. The summed E-state index contributed by atoms with van der Waals surface area (Å²) >= 11 is 0. The van der Waals surface area contributed by atoms with E-state index in [1.807, 2.05) is 0 Å². The molecule has 1 aromatic heterocycles. The van der Waals surface area contributed by atoms with E-state index in [-0.39, 0.29) is 17.5 Å². The van der Waals surface area contributed by atoms with E-state index in [1.54, 1.807) is 0 Å². The molecule has 0 saturated heterocycles. The van der Waals surface area contributed by atoms with E-state index in [1.165, 1.54) is 108 Å². The van der Waals surface area contributed by atoms with Crippen molar-refractivity contribution in [3.8, 4) is 27.9 Å². The first-order valence-corrected chi connectivity index (χ1v) is 40.7. The molecule has 3 nitrogen and oxygen atoms in total. The predicted octanol–water partition coefficient (Wildman–Crippen LogP) is 17.6. The van der Waals surface area contributed by atoms with Gasteiger partial charge in [0.1, 0.15) is 0 Å². The average molecular weight is 1370 g/mol. The van der Waals surface area contributed by atoms with Gasteiger partial charge in [0.15, 0.2) is 16.1 Å². The van der Waals surface area contributed by atoms with Crippen LogP contribution in [0.2, 0.25) is 0 Å². The van der Waals surface area contributed by atoms with Crippen molar-refractivity contribution < 1.29 is 0 Å². The van der Waals surface area contributed by atoms with Crippen LogP contribution in [0, 0.1) is 0 Å². The van der Waals surface area contributed by atoms with Crippen LogP contribution in [0.1, 0.15) is 52.7 Å². The Kier molecular flexibility index (Phi) is 15.8. The summed E-state index contributed by atoms with van der Waals surface area (Å²) in [4.78, 5) is 5.36. The van der Waals surface area contributed by atoms with Crippen LogP contribution in [-0.2, 0) is 10.8 Å². The van der Waals surface area contributed by atoms with E-state index in [9.17, 15) is 0 Å². The molecule has 15 aromatic carbocycles. The van der Waals surface area contributed by atoms with E-state index in [0.717, 1.165) is 45.2 Å². The molecule has 0 N–H and O–H groups in total. The number of para-hydroxylation sites is 2. The number of nitrogens with zero attached hydrogens (tertiary/aromatic N) is 3. The lowest BCUT2D eigenvalue weighted by Crippen LogP contribution is -2.75. The molecule has 104 heavy (non-hydrogen) atoms. The van der Waals surface area contributed by atoms with Crippen LogP contribution >= 0.6 is 0 Å². The van der Waals surface area contributed by atoms with Crippen molar-refractivity contribution in [2.24, 2.45) is 0 Å². The van der Waals surface area contributed by atoms with Crippen molar-refractivity contribution >= 4 is 137 Å². The van der Waals surface area contributed by atoms with Crippen molar-refractivity contribution in [2.45, 2.75) is 52.4 Å². The van der Waals surface area contributed by atoms with Crippen LogP contribution < -0.4 is 67.7 Å². The van der Waals surface area contributed by atoms with Crippen LogP contribution in [0.15, 0.2) is 376 Å². The van der Waals surface area contributed by atoms with Gasteiger partial charge in [0.05, 0.1) is 22.4 Å². The maximum atomic E-state index is 2.70. The third kappa shape index (κ3) is 10.4. The van der Waals surface area contributed by atoms with Crippen LogP contribution in [0.4, 0.5) is 34.1 Å². The van der Waals surface area contributed by atoms with Gasteiger partial charge in [0.25, 0.3) is 6.71 Å². The van der Waals surface area contributed by atoms with Gasteiger partial charge < -0.3 is 14.4 Å². The number of anilines is 6. The SMILES string of the molecule is CC(C)(C)c1ccc(N2c3ccc([Si](c4ccccc4)(c4ccccc4)c4ccccc4)cc3B3c4cc(-c5ccccc5)c(C(C)(C)C)cc4N(c4ccc([Si](c5ccccc5)(c5ccccc5)c5ccccc5)cc4)c4cc(-n5c6ccccc6c6ccccc65)cc2c43)c(-c2ccccc2)c1. The fraction of sp³-hybridized carbons (Fsp3) is 0.0816. The summed E-state index contributed by atoms with van der Waals surface area (Å²) in [6.07, 6.45) is 0. The van der Waals surface area contributed by atoms with Crippen LogP contribution in [-0.4, -0.2) is 27.4 Å². The maximum absolute atomic E-state index is 3.16. The van der Waals surface area contributed by atoms with E-state index in [2.05, 4.69) is 432 Å². The molecule has 0 atom stereocenters. The van der Waals surface area contributed by atoms with Gasteiger partial charge in [0.2, 0.25) is 0 Å². The van der Waals surface area contributed by atoms with E-state index < -0.39 is 16.1 Å². The van der Waals surface area contributed by atoms with Gasteiger partial charge in [-0.2, -0.15) is 0 Å². The molecule has 6 heteroatoms. The molecule has 0 bridgehead atoms. The zero-order valence-electron chi connectivity index (χ0n) is 59.7. The van der Waals surface area contributed by atoms with Crippen LogP contribution in [0.25, 0.3) is 49.7 Å². The van der Waals surface area contributed by atoms with Crippen LogP contribution in [0.5, 0.6) is 0 Å². The second-order valence-corrected chi connectivity index (χ2v) is 37.9. The minimum absolute atomic E-state index is 0.134. The summed E-state index contributed by atoms with van der Waals surface area (Å²) in [6, 6.07) is 144. The monoisotopic (exact) mass is 1370 g/mol. The fourth-order valence-corrected chi connectivity index (χ4v) is 27.2. The number of aromatic nitrogens is 1. The Morgan fingerprint density at radius 3 is 1.09 bits per heavy atom. The first-order chi connectivity index (χ1) is 50.9. The molecule has 2 aliphatic rings. The zero-order valence-corrected chi connectivity index (χ0v) is 61.7. The highest BCUT2D eigenvalue weighted by atomic mass is 28.3. The first kappa shape index (κ1) is 64.3. The highest BCUT2D eigenvalue weighted by Gasteiger charge is 2.49. The van der Waals surface area contributed by atoms with Gasteiger partial charge in [0, 0.05) is 44.8 Å². The molecule has 0 spiro atoms. The molecule has 2 aliphatic heterocycles. The zero-order chi connectivity index (χ0) is 70.3. The molecule has 0 radical (unpaired) electrons. The van der Waals surface area contributed by atoms with Gasteiger partial charge in [-0.25, -0.2) is 0 Å². The summed E-state index contributed by atoms with van der Waals surface area (Å²) < 4.78 is 2.54. The molecule has 0 aliphatic carbocycles. The number of fused-ring (bicyclic) bond motifs is 7.